The molecule has 0 radical (unpaired) electrons. The molecule has 0 spiro atoms. The average molecular weight is 1300 g/mol. The second kappa shape index (κ2) is 31.6. The first kappa shape index (κ1) is 65.8. The van der Waals surface area contributed by atoms with Crippen LogP contribution < -0.4 is 30.7 Å². The van der Waals surface area contributed by atoms with Crippen molar-refractivity contribution in [3.63, 3.8) is 0 Å². The number of nitrogens with zero attached hydrogens (tertiary/aromatic N) is 1. The van der Waals surface area contributed by atoms with Gasteiger partial charge in [-0.25, -0.2) is 19.0 Å². The van der Waals surface area contributed by atoms with Crippen LogP contribution in [0.3, 0.4) is 0 Å². The Hall–Kier alpha value is -6.19. The lowest BCUT2D eigenvalue weighted by Gasteiger charge is -2.28. The van der Waals surface area contributed by atoms with Crippen LogP contribution in [0.25, 0.3) is 78.6 Å². The maximum absolute atomic E-state index is 14.6. The van der Waals surface area contributed by atoms with Crippen LogP contribution in [0.1, 0.15) is 65.8 Å². The Labute approximate surface area is 522 Å². The van der Waals surface area contributed by atoms with E-state index in [4.69, 9.17) is 87.4 Å². The molecule has 18 nitrogen and oxygen atoms in total. The van der Waals surface area contributed by atoms with Crippen molar-refractivity contribution in [3.05, 3.63) is 122 Å². The minimum Gasteiger partial charge on any atom is -0.492 e. The number of aromatic amines is 3. The van der Waals surface area contributed by atoms with Crippen LogP contribution in [0.5, 0.6) is 11.5 Å². The summed E-state index contributed by atoms with van der Waals surface area (Å²) in [6.07, 6.45) is 5.02. The number of hydrogen-bond acceptors (Lipinski definition) is 11. The highest BCUT2D eigenvalue weighted by atomic mass is 35.5. The van der Waals surface area contributed by atoms with Crippen molar-refractivity contribution in [2.75, 3.05) is 79.0 Å². The van der Waals surface area contributed by atoms with Crippen LogP contribution in [0.15, 0.2) is 84.9 Å². The first-order valence-electron chi connectivity index (χ1n) is 28.9. The van der Waals surface area contributed by atoms with Gasteiger partial charge in [-0.05, 0) is 145 Å². The van der Waals surface area contributed by atoms with Crippen molar-refractivity contribution in [1.82, 2.24) is 41.2 Å². The van der Waals surface area contributed by atoms with Gasteiger partial charge in [0.05, 0.1) is 55.6 Å². The molecule has 7 aromatic rings. The van der Waals surface area contributed by atoms with E-state index in [1.165, 1.54) is 12.1 Å². The van der Waals surface area contributed by atoms with Gasteiger partial charge in [0, 0.05) is 115 Å². The topological polar surface area (TPSA) is 216 Å². The summed E-state index contributed by atoms with van der Waals surface area (Å²) in [7, 11) is -5.64. The van der Waals surface area contributed by atoms with Gasteiger partial charge in [-0.3, -0.25) is 0 Å². The number of aromatic nitrogens is 4. The van der Waals surface area contributed by atoms with Crippen molar-refractivity contribution in [1.29, 1.82) is 0 Å². The van der Waals surface area contributed by atoms with Crippen molar-refractivity contribution in [2.24, 2.45) is 0 Å². The van der Waals surface area contributed by atoms with Crippen LogP contribution in [-0.4, -0.2) is 129 Å². The molecule has 0 atom stereocenters. The molecule has 0 saturated heterocycles. The van der Waals surface area contributed by atoms with Gasteiger partial charge in [0.15, 0.2) is 0 Å². The lowest BCUT2D eigenvalue weighted by Crippen LogP contribution is -2.46. The predicted molar refractivity (Wildman–Crippen MR) is 345 cm³/mol. The molecule has 86 heavy (non-hydrogen) atoms. The maximum atomic E-state index is 14.6. The highest BCUT2D eigenvalue weighted by Crippen LogP contribution is 2.45. The zero-order valence-electron chi connectivity index (χ0n) is 49.0. The number of amides is 4. The van der Waals surface area contributed by atoms with E-state index >= 15 is 0 Å². The SMILES string of the molecule is CCO[Si](CCCNC(=O)NCCOc1cc(Cl)c(-c2c3nc(c(-c4ccc(F)cc4)c4ccc([nH]4)c(-c4c(Cl)cc(OCCNC(=O)NCCC[Si](OCC)(OCC)OCC)cc4Cl)c4ccc([nH]4)c4ccc2[nH]4)C=C3)c(Cl)c1)(OCC)OCC. The van der Waals surface area contributed by atoms with E-state index in [0.29, 0.717) is 166 Å². The van der Waals surface area contributed by atoms with E-state index in [0.717, 1.165) is 11.0 Å². The molecule has 4 aromatic heterocycles. The fraction of sp³-hybridized carbons (Fsp3) is 0.361. The van der Waals surface area contributed by atoms with E-state index in [2.05, 4.69) is 36.2 Å². The third-order valence-corrected chi connectivity index (χ3v) is 21.1. The highest BCUT2D eigenvalue weighted by Gasteiger charge is 2.40. The minimum atomic E-state index is -2.82. The van der Waals surface area contributed by atoms with Crippen molar-refractivity contribution in [3.8, 4) is 44.9 Å². The molecule has 0 saturated carbocycles. The number of carbonyl (C=O) groups is 2. The molecule has 5 heterocycles. The standard InChI is InChI=1S/C61H73Cl4FN8O10Si2/c1-7-79-85(80-8-2,81-9-3)33-13-27-67-60(75)69-29-31-77-41-35-43(62)56(44(63)36-41)58-51-21-19-47(71-51)48-20-22-52(72-48)59(54-26-24-50(74-54)55(49-23-25-53(58)73-49)39-15-17-40(66)18-16-39)57-45(64)37-42(38-46(57)65)78-32-30-70-61(76)68-28-14-34-86(82-10-4,83-11-5)84-12-6/h15-26,35-38,71-73H,7-14,27-34H2,1-6H3,(H2,67,69,75)(H2,68,70,76). The summed E-state index contributed by atoms with van der Waals surface area (Å²) in [5.74, 6) is 0.393. The van der Waals surface area contributed by atoms with Gasteiger partial charge in [-0.2, -0.15) is 0 Å². The van der Waals surface area contributed by atoms with E-state index < -0.39 is 23.4 Å². The molecule has 25 heteroatoms. The van der Waals surface area contributed by atoms with E-state index in [-0.39, 0.29) is 48.4 Å². The van der Waals surface area contributed by atoms with Crippen molar-refractivity contribution < 1.29 is 50.0 Å². The molecule has 8 rings (SSSR count). The molecular weight excluding hydrogens is 1220 g/mol. The lowest BCUT2D eigenvalue weighted by atomic mass is 10.0. The number of nitrogens with one attached hydrogen (secondary N) is 7. The second-order valence-electron chi connectivity index (χ2n) is 19.5. The summed E-state index contributed by atoms with van der Waals surface area (Å²) >= 11 is 28.9. The largest absolute Gasteiger partial charge is 0.500 e. The fourth-order valence-corrected chi connectivity index (χ4v) is 16.7. The number of halogens is 5. The van der Waals surface area contributed by atoms with Crippen LogP contribution in [0, 0.1) is 5.82 Å². The summed E-state index contributed by atoms with van der Waals surface area (Å²) < 4.78 is 62.3. The number of carbonyl (C=O) groups excluding carboxylic acids is 2. The van der Waals surface area contributed by atoms with Gasteiger partial charge in [0.2, 0.25) is 0 Å². The lowest BCUT2D eigenvalue weighted by molar-refractivity contribution is 0.0700. The van der Waals surface area contributed by atoms with Gasteiger partial charge in [-0.15, -0.1) is 0 Å². The molecule has 1 aliphatic heterocycles. The zero-order valence-corrected chi connectivity index (χ0v) is 54.0. The third-order valence-electron chi connectivity index (χ3n) is 13.6. The normalized spacial score (nSPS) is 12.0. The molecule has 0 fully saturated rings. The first-order valence-corrected chi connectivity index (χ1v) is 34.3. The van der Waals surface area contributed by atoms with Crippen LogP contribution >= 0.6 is 46.4 Å². The number of benzene rings is 3. The fourth-order valence-electron chi connectivity index (χ4n) is 10.1. The van der Waals surface area contributed by atoms with Gasteiger partial charge in [-0.1, -0.05) is 58.5 Å². The van der Waals surface area contributed by atoms with Gasteiger partial charge in [0.1, 0.15) is 30.5 Å². The number of rotatable bonds is 31. The monoisotopic (exact) mass is 1290 g/mol. The highest BCUT2D eigenvalue weighted by molar-refractivity contribution is 6.61. The smallest absolute Gasteiger partial charge is 0.492 e. The zero-order chi connectivity index (χ0) is 61.2. The van der Waals surface area contributed by atoms with Gasteiger partial charge >= 0.3 is 29.7 Å². The van der Waals surface area contributed by atoms with Crippen LogP contribution in [-0.2, 0) is 26.6 Å². The van der Waals surface area contributed by atoms with E-state index in [9.17, 15) is 14.0 Å². The summed E-state index contributed by atoms with van der Waals surface area (Å²) in [5, 5.41) is 12.6. The summed E-state index contributed by atoms with van der Waals surface area (Å²) in [6, 6.07) is 25.0. The number of hydrogen-bond donors (Lipinski definition) is 7. The molecule has 4 amide bonds. The Kier molecular flexibility index (Phi) is 24.2. The Morgan fingerprint density at radius 1 is 0.453 bits per heavy atom. The molecular formula is C61H73Cl4FN8O10Si2. The summed E-state index contributed by atoms with van der Waals surface area (Å²) in [6.45, 7) is 15.8. The van der Waals surface area contributed by atoms with Gasteiger partial charge < -0.3 is 72.2 Å². The minimum absolute atomic E-state index is 0.128. The molecule has 3 aromatic carbocycles. The summed E-state index contributed by atoms with van der Waals surface area (Å²) in [5.41, 5.74) is 8.82. The Morgan fingerprint density at radius 3 is 1.20 bits per heavy atom. The third kappa shape index (κ3) is 16.7. The Morgan fingerprint density at radius 2 is 0.791 bits per heavy atom. The number of ether oxygens (including phenoxy) is 2. The molecule has 1 aliphatic rings. The average Bonchev–Trinajstić information content (AvgIpc) is 2.46. The maximum Gasteiger partial charge on any atom is 0.500 e. The first-order chi connectivity index (χ1) is 41.7. The molecule has 0 unspecified atom stereocenters. The van der Waals surface area contributed by atoms with E-state index in [1.807, 2.05) is 90.1 Å². The van der Waals surface area contributed by atoms with Crippen LogP contribution in [0.4, 0.5) is 14.0 Å². The summed E-state index contributed by atoms with van der Waals surface area (Å²) in [4.78, 5) is 41.5. The van der Waals surface area contributed by atoms with Crippen molar-refractivity contribution >= 4 is 121 Å². The number of H-pyrrole nitrogens is 3. The Bertz CT molecular complexity index is 3530. The quantitative estimate of drug-likeness (QED) is 0.0160. The molecule has 0 aliphatic carbocycles. The second-order valence-corrected chi connectivity index (χ2v) is 26.6. The molecule has 8 bridgehead atoms. The molecule has 460 valence electrons. The number of fused-ring (bicyclic) bond motifs is 9. The van der Waals surface area contributed by atoms with Crippen LogP contribution in [0.2, 0.25) is 32.2 Å². The van der Waals surface area contributed by atoms with Gasteiger partial charge in [0.25, 0.3) is 0 Å². The van der Waals surface area contributed by atoms with E-state index in [1.54, 1.807) is 36.4 Å². The number of urea groups is 2. The molecule has 7 N–H and O–H groups in total. The predicted octanol–water partition coefficient (Wildman–Crippen LogP) is 14.7. The Balaban J connectivity index is 1.05. The van der Waals surface area contributed by atoms with Crippen molar-refractivity contribution in [2.45, 2.75) is 66.5 Å².